The van der Waals surface area contributed by atoms with E-state index in [1.54, 1.807) is 12.1 Å². The molecule has 0 radical (unpaired) electrons. The van der Waals surface area contributed by atoms with E-state index in [2.05, 4.69) is 0 Å². The lowest BCUT2D eigenvalue weighted by Gasteiger charge is -2.19. The Morgan fingerprint density at radius 3 is 2.57 bits per heavy atom. The number of aryl methyl sites for hydroxylation is 2. The van der Waals surface area contributed by atoms with E-state index in [1.165, 1.54) is 31.6 Å². The lowest BCUT2D eigenvalue weighted by Crippen LogP contribution is -2.21. The van der Waals surface area contributed by atoms with Gasteiger partial charge in [0.15, 0.2) is 6.10 Å². The number of aliphatic hydroxyl groups excluding tert-OH is 1. The van der Waals surface area contributed by atoms with Gasteiger partial charge in [0.05, 0.1) is 13.4 Å². The minimum atomic E-state index is -4.70. The van der Waals surface area contributed by atoms with Crippen LogP contribution in [-0.2, 0) is 12.8 Å². The molecule has 1 aromatic carbocycles. The van der Waals surface area contributed by atoms with Crippen LogP contribution in [0.1, 0.15) is 23.0 Å². The Morgan fingerprint density at radius 1 is 1.24 bits per heavy atom. The first-order chi connectivity index (χ1) is 9.91. The topological polar surface area (TPSA) is 42.6 Å². The molecule has 0 spiro atoms. The van der Waals surface area contributed by atoms with Gasteiger partial charge in [-0.25, -0.2) is 0 Å². The van der Waals surface area contributed by atoms with Gasteiger partial charge < -0.3 is 14.3 Å². The van der Waals surface area contributed by atoms with Crippen molar-refractivity contribution in [1.82, 2.24) is 0 Å². The molecule has 1 aromatic heterocycles. The van der Waals surface area contributed by atoms with Gasteiger partial charge in [-0.2, -0.15) is 13.2 Å². The van der Waals surface area contributed by atoms with Gasteiger partial charge in [-0.1, -0.05) is 6.07 Å². The monoisotopic (exact) mass is 300 g/mol. The molecule has 1 N–H and O–H groups in total. The number of methoxy groups -OCH3 is 1. The van der Waals surface area contributed by atoms with Crippen LogP contribution in [0.2, 0.25) is 0 Å². The minimum Gasteiger partial charge on any atom is -0.497 e. The van der Waals surface area contributed by atoms with Crippen molar-refractivity contribution >= 4 is 0 Å². The number of hydrogen-bond acceptors (Lipinski definition) is 3. The Labute approximate surface area is 120 Å². The number of furan rings is 1. The summed E-state index contributed by atoms with van der Waals surface area (Å²) in [7, 11) is 1.44. The molecule has 0 aliphatic heterocycles. The van der Waals surface area contributed by atoms with Crippen LogP contribution in [0, 0.1) is 0 Å². The molecule has 1 atom stereocenters. The first-order valence-corrected chi connectivity index (χ1v) is 6.36. The van der Waals surface area contributed by atoms with E-state index < -0.39 is 12.3 Å². The highest BCUT2D eigenvalue weighted by Crippen LogP contribution is 2.35. The highest BCUT2D eigenvalue weighted by Gasteiger charge is 2.40. The van der Waals surface area contributed by atoms with Crippen LogP contribution in [0.3, 0.4) is 0 Å². The van der Waals surface area contributed by atoms with Crippen LogP contribution in [-0.4, -0.2) is 18.4 Å². The summed E-state index contributed by atoms with van der Waals surface area (Å²) in [5, 5.41) is 9.47. The number of aliphatic hydroxyl groups is 1. The fourth-order valence-electron chi connectivity index (χ4n) is 2.08. The molecule has 0 aliphatic carbocycles. The Kier molecular flexibility index (Phi) is 4.57. The first-order valence-electron chi connectivity index (χ1n) is 6.36. The summed E-state index contributed by atoms with van der Waals surface area (Å²) in [6.45, 7) is 0. The van der Waals surface area contributed by atoms with Gasteiger partial charge >= 0.3 is 6.18 Å². The molecule has 6 heteroatoms. The van der Waals surface area contributed by atoms with Crippen molar-refractivity contribution < 1.29 is 27.4 Å². The Hall–Kier alpha value is -1.95. The molecule has 114 valence electrons. The van der Waals surface area contributed by atoms with Crippen molar-refractivity contribution in [3.8, 4) is 5.75 Å². The van der Waals surface area contributed by atoms with Crippen LogP contribution >= 0.6 is 0 Å². The largest absolute Gasteiger partial charge is 0.497 e. The van der Waals surface area contributed by atoms with Crippen molar-refractivity contribution in [3.05, 3.63) is 53.5 Å². The molecule has 21 heavy (non-hydrogen) atoms. The number of ether oxygens (including phenoxy) is 1. The fraction of sp³-hybridized carbons (Fsp3) is 0.333. The zero-order valence-corrected chi connectivity index (χ0v) is 11.4. The molecule has 1 heterocycles. The van der Waals surface area contributed by atoms with Gasteiger partial charge in [0.1, 0.15) is 11.5 Å². The smallest absolute Gasteiger partial charge is 0.418 e. The number of halogens is 3. The molecule has 0 saturated heterocycles. The zero-order chi connectivity index (χ0) is 15.5. The lowest BCUT2D eigenvalue weighted by molar-refractivity contribution is -0.207. The second-order valence-corrected chi connectivity index (χ2v) is 4.59. The maximum atomic E-state index is 12.7. The lowest BCUT2D eigenvalue weighted by atomic mass is 9.97. The Morgan fingerprint density at radius 2 is 2.00 bits per heavy atom. The summed E-state index contributed by atoms with van der Waals surface area (Å²) in [5.74, 6) is 1.12. The van der Waals surface area contributed by atoms with Crippen molar-refractivity contribution in [1.29, 1.82) is 0 Å². The minimum absolute atomic E-state index is 0.158. The van der Waals surface area contributed by atoms with Gasteiger partial charge in [-0.3, -0.25) is 0 Å². The highest BCUT2D eigenvalue weighted by atomic mass is 19.4. The standard InChI is InChI=1S/C15H15F3O3/c1-20-12-6-7-13(14(19)15(16,17)18)10(9-12)4-5-11-3-2-8-21-11/h2-3,6-9,14,19H,4-5H2,1H3. The third-order valence-electron chi connectivity index (χ3n) is 3.18. The average Bonchev–Trinajstić information content (AvgIpc) is 2.96. The van der Waals surface area contributed by atoms with Crippen LogP contribution in [0.5, 0.6) is 5.75 Å². The summed E-state index contributed by atoms with van der Waals surface area (Å²) in [4.78, 5) is 0. The van der Waals surface area contributed by atoms with Gasteiger partial charge in [0, 0.05) is 6.42 Å². The first kappa shape index (κ1) is 15.4. The van der Waals surface area contributed by atoms with Gasteiger partial charge in [0.25, 0.3) is 0 Å². The van der Waals surface area contributed by atoms with E-state index in [0.717, 1.165) is 0 Å². The number of alkyl halides is 3. The maximum absolute atomic E-state index is 12.7. The Bertz CT molecular complexity index is 576. The number of rotatable bonds is 5. The van der Waals surface area contributed by atoms with Crippen LogP contribution in [0.25, 0.3) is 0 Å². The molecule has 0 amide bonds. The molecule has 0 bridgehead atoms. The van der Waals surface area contributed by atoms with Gasteiger partial charge in [-0.15, -0.1) is 0 Å². The number of hydrogen-bond donors (Lipinski definition) is 1. The summed E-state index contributed by atoms with van der Waals surface area (Å²) in [6, 6.07) is 7.62. The molecule has 2 aromatic rings. The van der Waals surface area contributed by atoms with E-state index in [-0.39, 0.29) is 5.56 Å². The van der Waals surface area contributed by atoms with E-state index >= 15 is 0 Å². The van der Waals surface area contributed by atoms with Crippen molar-refractivity contribution in [2.24, 2.45) is 0 Å². The van der Waals surface area contributed by atoms with Crippen molar-refractivity contribution in [3.63, 3.8) is 0 Å². The van der Waals surface area contributed by atoms with Crippen LogP contribution in [0.15, 0.2) is 41.0 Å². The molecule has 1 unspecified atom stereocenters. The third kappa shape index (κ3) is 3.78. The molecular formula is C15H15F3O3. The SMILES string of the molecule is COc1ccc(C(O)C(F)(F)F)c(CCc2ccco2)c1. The number of benzene rings is 1. The second kappa shape index (κ2) is 6.22. The molecule has 0 fully saturated rings. The quantitative estimate of drug-likeness (QED) is 0.916. The van der Waals surface area contributed by atoms with Gasteiger partial charge in [0.2, 0.25) is 0 Å². The van der Waals surface area contributed by atoms with Crippen LogP contribution < -0.4 is 4.74 Å². The van der Waals surface area contributed by atoms with Crippen LogP contribution in [0.4, 0.5) is 13.2 Å². The summed E-state index contributed by atoms with van der Waals surface area (Å²) in [5.41, 5.74) is 0.227. The third-order valence-corrected chi connectivity index (χ3v) is 3.18. The molecular weight excluding hydrogens is 285 g/mol. The molecule has 2 rings (SSSR count). The molecule has 0 saturated carbocycles. The average molecular weight is 300 g/mol. The normalized spacial score (nSPS) is 13.2. The van der Waals surface area contributed by atoms with Gasteiger partial charge in [-0.05, 0) is 41.8 Å². The van der Waals surface area contributed by atoms with E-state index in [4.69, 9.17) is 9.15 Å². The second-order valence-electron chi connectivity index (χ2n) is 4.59. The predicted octanol–water partition coefficient (Wildman–Crippen LogP) is 3.67. The van der Waals surface area contributed by atoms with E-state index in [9.17, 15) is 18.3 Å². The highest BCUT2D eigenvalue weighted by molar-refractivity contribution is 5.38. The summed E-state index contributed by atoms with van der Waals surface area (Å²) in [6.07, 6.45) is -4.94. The maximum Gasteiger partial charge on any atom is 0.418 e. The molecule has 0 aliphatic rings. The zero-order valence-electron chi connectivity index (χ0n) is 11.4. The summed E-state index contributed by atoms with van der Waals surface area (Å²) < 4.78 is 48.3. The van der Waals surface area contributed by atoms with E-state index in [0.29, 0.717) is 29.9 Å². The molecule has 3 nitrogen and oxygen atoms in total. The Balaban J connectivity index is 2.27. The summed E-state index contributed by atoms with van der Waals surface area (Å²) >= 11 is 0. The van der Waals surface area contributed by atoms with Crippen molar-refractivity contribution in [2.75, 3.05) is 7.11 Å². The predicted molar refractivity (Wildman–Crippen MR) is 70.1 cm³/mol. The van der Waals surface area contributed by atoms with Crippen molar-refractivity contribution in [2.45, 2.75) is 25.1 Å². The van der Waals surface area contributed by atoms with E-state index in [1.807, 2.05) is 0 Å². The fourth-order valence-corrected chi connectivity index (χ4v) is 2.08.